The largest absolute Gasteiger partial charge is 0.314 e. The van der Waals surface area contributed by atoms with Gasteiger partial charge in [0, 0.05) is 32.4 Å². The molecule has 0 bridgehead atoms. The van der Waals surface area contributed by atoms with E-state index in [9.17, 15) is 0 Å². The average Bonchev–Trinajstić information content (AvgIpc) is 2.69. The van der Waals surface area contributed by atoms with E-state index in [1.165, 1.54) is 0 Å². The first kappa shape index (κ1) is 11.2. The van der Waals surface area contributed by atoms with Crippen LogP contribution >= 0.6 is 15.9 Å². The Balaban J connectivity index is 1.89. The summed E-state index contributed by atoms with van der Waals surface area (Å²) in [7, 11) is 0. The Hall–Kier alpha value is -0.910. The van der Waals surface area contributed by atoms with E-state index in [4.69, 9.17) is 0 Å². The fraction of sp³-hybridized carbons (Fsp3) is 0.417. The second-order valence-corrected chi connectivity index (χ2v) is 5.05. The molecule has 5 heteroatoms. The molecule has 90 valence electrons. The summed E-state index contributed by atoms with van der Waals surface area (Å²) < 4.78 is 3.09. The van der Waals surface area contributed by atoms with Crippen molar-refractivity contribution in [3.63, 3.8) is 0 Å². The molecule has 17 heavy (non-hydrogen) atoms. The summed E-state index contributed by atoms with van der Waals surface area (Å²) in [6.07, 6.45) is 2.07. The van der Waals surface area contributed by atoms with Gasteiger partial charge in [-0.3, -0.25) is 4.90 Å². The van der Waals surface area contributed by atoms with Crippen molar-refractivity contribution in [2.75, 3.05) is 26.2 Å². The number of hydrogen-bond acceptors (Lipinski definition) is 3. The maximum absolute atomic E-state index is 4.60. The molecule has 0 atom stereocenters. The van der Waals surface area contributed by atoms with Gasteiger partial charge in [-0.05, 0) is 28.1 Å². The van der Waals surface area contributed by atoms with Crippen molar-refractivity contribution in [3.05, 3.63) is 34.8 Å². The molecule has 3 heterocycles. The maximum Gasteiger partial charge on any atom is 0.132 e. The van der Waals surface area contributed by atoms with E-state index in [1.54, 1.807) is 0 Å². The molecular formula is C12H15BrN4. The Kier molecular flexibility index (Phi) is 3.13. The zero-order valence-electron chi connectivity index (χ0n) is 9.56. The molecule has 0 saturated carbocycles. The molecule has 2 aromatic rings. The van der Waals surface area contributed by atoms with Crippen LogP contribution < -0.4 is 5.32 Å². The van der Waals surface area contributed by atoms with Crippen LogP contribution in [0.3, 0.4) is 0 Å². The van der Waals surface area contributed by atoms with Gasteiger partial charge in [-0.25, -0.2) is 4.98 Å². The van der Waals surface area contributed by atoms with Gasteiger partial charge in [0.1, 0.15) is 10.4 Å². The molecule has 1 fully saturated rings. The standard InChI is InChI=1S/C12H15BrN4/c13-12-10-3-1-2-6-17(10)11(15-12)9-16-7-4-14-5-8-16/h1-3,6,14H,4-5,7-9H2. The lowest BCUT2D eigenvalue weighted by Gasteiger charge is -2.26. The number of piperazine rings is 1. The first-order chi connectivity index (χ1) is 8.34. The predicted molar refractivity (Wildman–Crippen MR) is 71.0 cm³/mol. The summed E-state index contributed by atoms with van der Waals surface area (Å²) in [5.41, 5.74) is 1.14. The van der Waals surface area contributed by atoms with Crippen LogP contribution in [0.25, 0.3) is 5.52 Å². The second kappa shape index (κ2) is 4.76. The van der Waals surface area contributed by atoms with Gasteiger partial charge in [0.05, 0.1) is 12.1 Å². The second-order valence-electron chi connectivity index (χ2n) is 4.30. The monoisotopic (exact) mass is 294 g/mol. The highest BCUT2D eigenvalue weighted by Gasteiger charge is 2.14. The minimum Gasteiger partial charge on any atom is -0.314 e. The summed E-state index contributed by atoms with van der Waals surface area (Å²) in [6.45, 7) is 5.26. The Morgan fingerprint density at radius 1 is 1.29 bits per heavy atom. The van der Waals surface area contributed by atoms with E-state index in [1.807, 2.05) is 12.1 Å². The van der Waals surface area contributed by atoms with Crippen molar-refractivity contribution >= 4 is 21.4 Å². The molecule has 0 radical (unpaired) electrons. The fourth-order valence-electron chi connectivity index (χ4n) is 2.24. The summed E-state index contributed by atoms with van der Waals surface area (Å²) >= 11 is 3.52. The van der Waals surface area contributed by atoms with E-state index in [0.29, 0.717) is 0 Å². The summed E-state index contributed by atoms with van der Waals surface area (Å²) in [5, 5.41) is 3.36. The number of nitrogens with one attached hydrogen (secondary N) is 1. The number of nitrogens with zero attached hydrogens (tertiary/aromatic N) is 3. The van der Waals surface area contributed by atoms with Gasteiger partial charge >= 0.3 is 0 Å². The van der Waals surface area contributed by atoms with Gasteiger partial charge in [-0.1, -0.05) is 6.07 Å². The van der Waals surface area contributed by atoms with Crippen molar-refractivity contribution in [1.29, 1.82) is 0 Å². The molecule has 0 amide bonds. The molecule has 1 N–H and O–H groups in total. The number of halogens is 1. The quantitative estimate of drug-likeness (QED) is 0.911. The van der Waals surface area contributed by atoms with Gasteiger partial charge < -0.3 is 9.72 Å². The fourth-order valence-corrected chi connectivity index (χ4v) is 2.77. The number of rotatable bonds is 2. The molecule has 4 nitrogen and oxygen atoms in total. The first-order valence-corrected chi connectivity index (χ1v) is 6.68. The Bertz CT molecular complexity index is 516. The van der Waals surface area contributed by atoms with Crippen LogP contribution in [0.5, 0.6) is 0 Å². The number of imidazole rings is 1. The lowest BCUT2D eigenvalue weighted by molar-refractivity contribution is 0.227. The third-order valence-electron chi connectivity index (χ3n) is 3.15. The SMILES string of the molecule is Brc1nc(CN2CCNCC2)n2ccccc12. The van der Waals surface area contributed by atoms with Crippen LogP contribution in [0.15, 0.2) is 29.0 Å². The van der Waals surface area contributed by atoms with E-state index in [-0.39, 0.29) is 0 Å². The highest BCUT2D eigenvalue weighted by atomic mass is 79.9. The van der Waals surface area contributed by atoms with Crippen molar-refractivity contribution < 1.29 is 0 Å². The minimum atomic E-state index is 0.915. The highest BCUT2D eigenvalue weighted by molar-refractivity contribution is 9.10. The van der Waals surface area contributed by atoms with Crippen LogP contribution in [0.2, 0.25) is 0 Å². The molecule has 2 aromatic heterocycles. The van der Waals surface area contributed by atoms with Gasteiger partial charge in [-0.2, -0.15) is 0 Å². The van der Waals surface area contributed by atoms with Crippen LogP contribution in [0, 0.1) is 0 Å². The summed E-state index contributed by atoms with van der Waals surface area (Å²) in [6, 6.07) is 6.16. The predicted octanol–water partition coefficient (Wildman–Crippen LogP) is 1.50. The van der Waals surface area contributed by atoms with Gasteiger partial charge in [0.15, 0.2) is 0 Å². The van der Waals surface area contributed by atoms with Crippen LogP contribution in [-0.4, -0.2) is 40.5 Å². The maximum atomic E-state index is 4.60. The summed E-state index contributed by atoms with van der Waals surface area (Å²) in [4.78, 5) is 7.04. The molecule has 1 saturated heterocycles. The summed E-state index contributed by atoms with van der Waals surface area (Å²) in [5.74, 6) is 1.11. The molecule has 0 unspecified atom stereocenters. The molecule has 0 aromatic carbocycles. The third kappa shape index (κ3) is 2.22. The highest BCUT2D eigenvalue weighted by Crippen LogP contribution is 2.19. The number of pyridine rings is 1. The number of fused-ring (bicyclic) bond motifs is 1. The zero-order chi connectivity index (χ0) is 11.7. The van der Waals surface area contributed by atoms with Crippen molar-refractivity contribution in [3.8, 4) is 0 Å². The van der Waals surface area contributed by atoms with Gasteiger partial charge in [0.2, 0.25) is 0 Å². The van der Waals surface area contributed by atoms with Crippen molar-refractivity contribution in [2.24, 2.45) is 0 Å². The van der Waals surface area contributed by atoms with Gasteiger partial charge in [-0.15, -0.1) is 0 Å². The Morgan fingerprint density at radius 2 is 2.12 bits per heavy atom. The van der Waals surface area contributed by atoms with Crippen molar-refractivity contribution in [2.45, 2.75) is 6.54 Å². The van der Waals surface area contributed by atoms with E-state index >= 15 is 0 Å². The molecule has 1 aliphatic rings. The first-order valence-electron chi connectivity index (χ1n) is 5.89. The molecule has 0 aliphatic carbocycles. The number of hydrogen-bond donors (Lipinski definition) is 1. The topological polar surface area (TPSA) is 32.6 Å². The zero-order valence-corrected chi connectivity index (χ0v) is 11.2. The van der Waals surface area contributed by atoms with E-state index in [0.717, 1.165) is 48.7 Å². The number of aromatic nitrogens is 2. The van der Waals surface area contributed by atoms with Gasteiger partial charge in [0.25, 0.3) is 0 Å². The molecule has 1 aliphatic heterocycles. The van der Waals surface area contributed by atoms with E-state index in [2.05, 4.69) is 47.8 Å². The molecular weight excluding hydrogens is 280 g/mol. The average molecular weight is 295 g/mol. The van der Waals surface area contributed by atoms with Crippen LogP contribution in [0.4, 0.5) is 0 Å². The Labute approximate surface area is 109 Å². The molecule has 3 rings (SSSR count). The lowest BCUT2D eigenvalue weighted by Crippen LogP contribution is -2.43. The third-order valence-corrected chi connectivity index (χ3v) is 3.73. The van der Waals surface area contributed by atoms with E-state index < -0.39 is 0 Å². The van der Waals surface area contributed by atoms with Crippen LogP contribution in [-0.2, 0) is 6.54 Å². The minimum absolute atomic E-state index is 0.915. The van der Waals surface area contributed by atoms with Crippen molar-refractivity contribution in [1.82, 2.24) is 19.6 Å². The normalized spacial score (nSPS) is 17.7. The molecule has 0 spiro atoms. The lowest BCUT2D eigenvalue weighted by atomic mass is 10.3. The Morgan fingerprint density at radius 3 is 2.94 bits per heavy atom. The van der Waals surface area contributed by atoms with Crippen LogP contribution in [0.1, 0.15) is 5.82 Å². The smallest absolute Gasteiger partial charge is 0.132 e.